The molecule has 2 N–H and O–H groups in total. The number of amides is 3. The molecule has 3 heterocycles. The van der Waals surface area contributed by atoms with E-state index in [1.807, 2.05) is 31.2 Å². The maximum atomic E-state index is 12.9. The van der Waals surface area contributed by atoms with Crippen molar-refractivity contribution < 1.29 is 14.4 Å². The number of pyridine rings is 1. The van der Waals surface area contributed by atoms with Crippen LogP contribution >= 0.6 is 11.3 Å². The van der Waals surface area contributed by atoms with Gasteiger partial charge in [0.25, 0.3) is 11.8 Å². The summed E-state index contributed by atoms with van der Waals surface area (Å²) in [4.78, 5) is 43.7. The Morgan fingerprint density at radius 3 is 2.67 bits per heavy atom. The summed E-state index contributed by atoms with van der Waals surface area (Å²) in [6.45, 7) is 3.20. The highest BCUT2D eigenvalue weighted by atomic mass is 32.1. The zero-order valence-corrected chi connectivity index (χ0v) is 19.0. The molecule has 1 aromatic carbocycles. The highest BCUT2D eigenvalue weighted by molar-refractivity contribution is 7.15. The summed E-state index contributed by atoms with van der Waals surface area (Å²) in [5.41, 5.74) is 2.65. The van der Waals surface area contributed by atoms with E-state index in [4.69, 9.17) is 0 Å². The lowest BCUT2D eigenvalue weighted by Gasteiger charge is -2.31. The van der Waals surface area contributed by atoms with Crippen molar-refractivity contribution in [2.24, 2.45) is 5.92 Å². The van der Waals surface area contributed by atoms with Gasteiger partial charge in [-0.3, -0.25) is 19.4 Å². The van der Waals surface area contributed by atoms with Crippen LogP contribution < -0.4 is 10.6 Å². The van der Waals surface area contributed by atoms with E-state index in [-0.39, 0.29) is 27.7 Å². The first-order valence-corrected chi connectivity index (χ1v) is 11.5. The first kappa shape index (κ1) is 22.5. The van der Waals surface area contributed by atoms with Gasteiger partial charge in [-0.1, -0.05) is 35.1 Å². The third-order valence-electron chi connectivity index (χ3n) is 5.38. The number of anilines is 1. The number of carbonyl (C=O) groups excluding carboxylic acids is 3. The van der Waals surface area contributed by atoms with E-state index >= 15 is 0 Å². The molecule has 0 radical (unpaired) electrons. The molecular weight excluding hydrogens is 440 g/mol. The van der Waals surface area contributed by atoms with Gasteiger partial charge < -0.3 is 15.5 Å². The van der Waals surface area contributed by atoms with Crippen LogP contribution in [0.3, 0.4) is 0 Å². The molecule has 33 heavy (non-hydrogen) atoms. The second kappa shape index (κ2) is 10.3. The predicted molar refractivity (Wildman–Crippen MR) is 124 cm³/mol. The average Bonchev–Trinajstić information content (AvgIpc) is 3.35. The zero-order valence-electron chi connectivity index (χ0n) is 18.2. The van der Waals surface area contributed by atoms with Gasteiger partial charge in [0.1, 0.15) is 0 Å². The number of aromatic nitrogens is 3. The van der Waals surface area contributed by atoms with Gasteiger partial charge in [-0.2, -0.15) is 0 Å². The van der Waals surface area contributed by atoms with Crippen molar-refractivity contribution in [3.8, 4) is 0 Å². The van der Waals surface area contributed by atoms with Gasteiger partial charge in [0, 0.05) is 37.7 Å². The van der Waals surface area contributed by atoms with E-state index in [0.717, 1.165) is 28.9 Å². The van der Waals surface area contributed by atoms with Crippen molar-refractivity contribution in [2.75, 3.05) is 18.4 Å². The minimum Gasteiger partial charge on any atom is -0.352 e. The number of nitrogens with one attached hydrogen (secondary N) is 2. The largest absolute Gasteiger partial charge is 0.352 e. The number of hydrogen-bond acceptors (Lipinski definition) is 7. The summed E-state index contributed by atoms with van der Waals surface area (Å²) in [5, 5.41) is 13.7. The van der Waals surface area contributed by atoms with Crippen LogP contribution in [0.2, 0.25) is 0 Å². The molecule has 170 valence electrons. The van der Waals surface area contributed by atoms with Crippen molar-refractivity contribution in [2.45, 2.75) is 26.3 Å². The number of nitrogens with zero attached hydrogens (tertiary/aromatic N) is 4. The number of aryl methyl sites for hydroxylation is 1. The quantitative estimate of drug-likeness (QED) is 0.579. The molecule has 1 aliphatic rings. The first-order chi connectivity index (χ1) is 16.0. The number of likely N-dealkylation sites (tertiary alicyclic amines) is 1. The van der Waals surface area contributed by atoms with E-state index in [9.17, 15) is 14.4 Å². The Morgan fingerprint density at radius 1 is 1.12 bits per heavy atom. The standard InChI is InChI=1S/C23H24N6O3S/c1-15-6-8-18(9-7-15)26-20(31)21-27-28-22(33-21)23(32)29-11-3-5-17(14-29)19(30)25-13-16-4-2-10-24-12-16/h2,4,6-10,12,17H,3,5,11,13-14H2,1H3,(H,25,30)(H,26,31)/t17-/m0/s1. The molecule has 10 heteroatoms. The van der Waals surface area contributed by atoms with Crippen molar-refractivity contribution >= 4 is 34.7 Å². The van der Waals surface area contributed by atoms with E-state index < -0.39 is 5.91 Å². The molecule has 0 spiro atoms. The second-order valence-corrected chi connectivity index (χ2v) is 8.88. The van der Waals surface area contributed by atoms with Crippen LogP contribution in [-0.2, 0) is 11.3 Å². The first-order valence-electron chi connectivity index (χ1n) is 10.7. The Labute approximate surface area is 195 Å². The van der Waals surface area contributed by atoms with Crippen LogP contribution in [0.4, 0.5) is 5.69 Å². The van der Waals surface area contributed by atoms with Crippen LogP contribution in [0.1, 0.15) is 43.6 Å². The van der Waals surface area contributed by atoms with Gasteiger partial charge >= 0.3 is 0 Å². The summed E-state index contributed by atoms with van der Waals surface area (Å²) in [6, 6.07) is 11.1. The predicted octanol–water partition coefficient (Wildman–Crippen LogP) is 2.66. The van der Waals surface area contributed by atoms with E-state index in [2.05, 4.69) is 25.8 Å². The molecule has 2 aromatic heterocycles. The number of benzene rings is 1. The lowest BCUT2D eigenvalue weighted by Crippen LogP contribution is -2.45. The fourth-order valence-electron chi connectivity index (χ4n) is 3.57. The lowest BCUT2D eigenvalue weighted by atomic mass is 9.97. The van der Waals surface area contributed by atoms with Crippen LogP contribution in [-0.4, -0.2) is 50.9 Å². The summed E-state index contributed by atoms with van der Waals surface area (Å²) in [7, 11) is 0. The average molecular weight is 465 g/mol. The Bertz CT molecular complexity index is 1130. The van der Waals surface area contributed by atoms with Gasteiger partial charge in [0.15, 0.2) is 0 Å². The molecule has 9 nitrogen and oxygen atoms in total. The molecule has 0 aliphatic carbocycles. The van der Waals surface area contributed by atoms with E-state index in [1.165, 1.54) is 0 Å². The third kappa shape index (κ3) is 5.78. The molecule has 0 saturated carbocycles. The number of hydrogen-bond donors (Lipinski definition) is 2. The number of carbonyl (C=O) groups is 3. The molecular formula is C23H24N6O3S. The summed E-state index contributed by atoms with van der Waals surface area (Å²) < 4.78 is 0. The topological polar surface area (TPSA) is 117 Å². The number of rotatable bonds is 6. The maximum absolute atomic E-state index is 12.9. The van der Waals surface area contributed by atoms with Gasteiger partial charge in [-0.05, 0) is 43.5 Å². The fourth-order valence-corrected chi connectivity index (χ4v) is 4.28. The highest BCUT2D eigenvalue weighted by Crippen LogP contribution is 2.21. The van der Waals surface area contributed by atoms with E-state index in [0.29, 0.717) is 31.7 Å². The molecule has 0 unspecified atom stereocenters. The van der Waals surface area contributed by atoms with Gasteiger partial charge in [0.2, 0.25) is 15.9 Å². The molecule has 4 rings (SSSR count). The van der Waals surface area contributed by atoms with Crippen LogP contribution in [0.15, 0.2) is 48.8 Å². The lowest BCUT2D eigenvalue weighted by molar-refractivity contribution is -0.126. The molecule has 1 saturated heterocycles. The fraction of sp³-hybridized carbons (Fsp3) is 0.304. The van der Waals surface area contributed by atoms with Gasteiger partial charge in [-0.15, -0.1) is 10.2 Å². The number of piperidine rings is 1. The minimum absolute atomic E-state index is 0.0909. The summed E-state index contributed by atoms with van der Waals surface area (Å²) in [6.07, 6.45) is 4.82. The zero-order chi connectivity index (χ0) is 23.2. The molecule has 1 aliphatic heterocycles. The van der Waals surface area contributed by atoms with Crippen molar-refractivity contribution in [3.05, 3.63) is 69.9 Å². The monoisotopic (exact) mass is 464 g/mol. The van der Waals surface area contributed by atoms with E-state index in [1.54, 1.807) is 29.4 Å². The Hall–Kier alpha value is -3.66. The maximum Gasteiger partial charge on any atom is 0.286 e. The Balaban J connectivity index is 1.33. The Kier molecular flexibility index (Phi) is 7.04. The third-order valence-corrected chi connectivity index (χ3v) is 6.29. The van der Waals surface area contributed by atoms with Gasteiger partial charge in [0.05, 0.1) is 5.92 Å². The summed E-state index contributed by atoms with van der Waals surface area (Å²) in [5.74, 6) is -1.11. The molecule has 0 bridgehead atoms. The Morgan fingerprint density at radius 2 is 1.91 bits per heavy atom. The van der Waals surface area contributed by atoms with Crippen molar-refractivity contribution in [1.29, 1.82) is 0 Å². The SMILES string of the molecule is Cc1ccc(NC(=O)c2nnc(C(=O)N3CCC[C@H](C(=O)NCc4cccnc4)C3)s2)cc1. The molecule has 3 aromatic rings. The molecule has 1 fully saturated rings. The summed E-state index contributed by atoms with van der Waals surface area (Å²) >= 11 is 0.949. The van der Waals surface area contributed by atoms with Crippen molar-refractivity contribution in [3.63, 3.8) is 0 Å². The molecule has 3 amide bonds. The minimum atomic E-state index is -0.415. The van der Waals surface area contributed by atoms with Gasteiger partial charge in [-0.25, -0.2) is 0 Å². The van der Waals surface area contributed by atoms with Crippen molar-refractivity contribution in [1.82, 2.24) is 25.4 Å². The smallest absolute Gasteiger partial charge is 0.286 e. The highest BCUT2D eigenvalue weighted by Gasteiger charge is 2.30. The van der Waals surface area contributed by atoms with Crippen LogP contribution in [0.25, 0.3) is 0 Å². The van der Waals surface area contributed by atoms with Crippen LogP contribution in [0, 0.1) is 12.8 Å². The molecule has 1 atom stereocenters. The normalized spacial score (nSPS) is 15.7. The second-order valence-electron chi connectivity index (χ2n) is 7.90. The van der Waals surface area contributed by atoms with Crippen LogP contribution in [0.5, 0.6) is 0 Å².